The highest BCUT2D eigenvalue weighted by Crippen LogP contribution is 2.17. The normalized spacial score (nSPS) is 19.2. The lowest BCUT2D eigenvalue weighted by Crippen LogP contribution is -2.45. The minimum absolute atomic E-state index is 0.159. The number of hydrogen-bond donors (Lipinski definition) is 1. The van der Waals surface area contributed by atoms with Gasteiger partial charge in [-0.3, -0.25) is 4.79 Å². The molecule has 1 N–H and O–H groups in total. The molecule has 1 aliphatic rings. The largest absolute Gasteiger partial charge is 0.468 e. The highest BCUT2D eigenvalue weighted by molar-refractivity contribution is 5.75. The summed E-state index contributed by atoms with van der Waals surface area (Å²) in [6.45, 7) is 8.11. The predicted octanol–water partition coefficient (Wildman–Crippen LogP) is 1.27. The highest BCUT2D eigenvalue weighted by Gasteiger charge is 2.23. The van der Waals surface area contributed by atoms with E-state index in [9.17, 15) is 4.79 Å². The van der Waals surface area contributed by atoms with Crippen molar-refractivity contribution in [3.05, 3.63) is 0 Å². The Morgan fingerprint density at radius 3 is 2.45 bits per heavy atom. The molecule has 1 saturated heterocycles. The zero-order chi connectivity index (χ0) is 15.0. The molecule has 0 aromatic carbocycles. The van der Waals surface area contributed by atoms with Crippen LogP contribution in [0.5, 0.6) is 0 Å². The zero-order valence-electron chi connectivity index (χ0n) is 13.4. The van der Waals surface area contributed by atoms with Gasteiger partial charge in [-0.05, 0) is 38.3 Å². The molecule has 0 bridgehead atoms. The Bertz CT molecular complexity index is 276. The van der Waals surface area contributed by atoms with Crippen LogP contribution >= 0.6 is 0 Å². The van der Waals surface area contributed by atoms with Crippen LogP contribution in [0.15, 0.2) is 0 Å². The number of likely N-dealkylation sites (tertiary alicyclic amines) is 1. The van der Waals surface area contributed by atoms with Gasteiger partial charge < -0.3 is 19.7 Å². The van der Waals surface area contributed by atoms with Gasteiger partial charge in [-0.1, -0.05) is 13.8 Å². The summed E-state index contributed by atoms with van der Waals surface area (Å²) in [5.74, 6) is 0.536. The zero-order valence-corrected chi connectivity index (χ0v) is 13.4. The molecule has 20 heavy (non-hydrogen) atoms. The Balaban J connectivity index is 2.31. The van der Waals surface area contributed by atoms with Crippen molar-refractivity contribution in [3.63, 3.8) is 0 Å². The maximum absolute atomic E-state index is 11.7. The van der Waals surface area contributed by atoms with Crippen LogP contribution in [0.4, 0.5) is 0 Å². The van der Waals surface area contributed by atoms with E-state index in [1.54, 1.807) is 7.11 Å². The molecule has 1 unspecified atom stereocenters. The van der Waals surface area contributed by atoms with Crippen molar-refractivity contribution < 1.29 is 14.3 Å². The Morgan fingerprint density at radius 1 is 1.30 bits per heavy atom. The third-order valence-corrected chi connectivity index (χ3v) is 3.86. The molecule has 1 heterocycles. The fourth-order valence-electron chi connectivity index (χ4n) is 2.74. The molecule has 1 atom stereocenters. The van der Waals surface area contributed by atoms with Gasteiger partial charge in [0.2, 0.25) is 0 Å². The number of rotatable bonds is 8. The Morgan fingerprint density at radius 2 is 1.95 bits per heavy atom. The van der Waals surface area contributed by atoms with Crippen LogP contribution in [0, 0.1) is 5.92 Å². The van der Waals surface area contributed by atoms with E-state index in [2.05, 4.69) is 10.2 Å². The molecule has 0 aromatic heterocycles. The Kier molecular flexibility index (Phi) is 8.11. The maximum Gasteiger partial charge on any atom is 0.322 e. The molecule has 1 aliphatic heterocycles. The van der Waals surface area contributed by atoms with Crippen LogP contribution in [-0.2, 0) is 14.3 Å². The fraction of sp³-hybridized carbons (Fsp3) is 0.933. The minimum atomic E-state index is -0.198. The fourth-order valence-corrected chi connectivity index (χ4v) is 2.74. The summed E-state index contributed by atoms with van der Waals surface area (Å²) < 4.78 is 10.1. The van der Waals surface area contributed by atoms with Crippen LogP contribution in [0.25, 0.3) is 0 Å². The van der Waals surface area contributed by atoms with E-state index in [4.69, 9.17) is 9.47 Å². The van der Waals surface area contributed by atoms with E-state index < -0.39 is 0 Å². The van der Waals surface area contributed by atoms with E-state index in [1.165, 1.54) is 20.0 Å². The maximum atomic E-state index is 11.7. The lowest BCUT2D eigenvalue weighted by molar-refractivity contribution is -0.143. The van der Waals surface area contributed by atoms with Gasteiger partial charge in [0.25, 0.3) is 0 Å². The summed E-state index contributed by atoms with van der Waals surface area (Å²) in [7, 11) is 3.22. The molecule has 0 aromatic rings. The topological polar surface area (TPSA) is 50.8 Å². The number of hydrogen-bond acceptors (Lipinski definition) is 5. The van der Waals surface area contributed by atoms with Crippen molar-refractivity contribution in [2.24, 2.45) is 5.92 Å². The molecule has 1 fully saturated rings. The van der Waals surface area contributed by atoms with Crippen molar-refractivity contribution in [2.45, 2.75) is 45.2 Å². The first-order valence-electron chi connectivity index (χ1n) is 7.62. The van der Waals surface area contributed by atoms with E-state index in [-0.39, 0.29) is 18.1 Å². The monoisotopic (exact) mass is 286 g/mol. The summed E-state index contributed by atoms with van der Waals surface area (Å²) in [5, 5.41) is 3.28. The molecule has 0 spiro atoms. The van der Waals surface area contributed by atoms with Gasteiger partial charge in [-0.2, -0.15) is 0 Å². The Hall–Kier alpha value is -0.650. The summed E-state index contributed by atoms with van der Waals surface area (Å²) in [4.78, 5) is 14.2. The molecule has 0 amide bonds. The number of methoxy groups -OCH3 is 2. The lowest BCUT2D eigenvalue weighted by Gasteiger charge is -2.32. The average Bonchev–Trinajstić information content (AvgIpc) is 2.44. The average molecular weight is 286 g/mol. The number of piperidine rings is 1. The van der Waals surface area contributed by atoms with Crippen LogP contribution in [0.2, 0.25) is 0 Å². The third kappa shape index (κ3) is 6.20. The summed E-state index contributed by atoms with van der Waals surface area (Å²) in [6, 6.07) is 0.0863. The first-order chi connectivity index (χ1) is 9.56. The predicted molar refractivity (Wildman–Crippen MR) is 79.7 cm³/mol. The van der Waals surface area contributed by atoms with Gasteiger partial charge in [0.05, 0.1) is 7.11 Å². The molecule has 0 aliphatic carbocycles. The van der Waals surface area contributed by atoms with Crippen LogP contribution < -0.4 is 5.32 Å². The number of carbonyl (C=O) groups is 1. The first kappa shape index (κ1) is 17.4. The smallest absolute Gasteiger partial charge is 0.322 e. The molecule has 0 saturated carbocycles. The molecule has 5 heteroatoms. The van der Waals surface area contributed by atoms with E-state index in [0.29, 0.717) is 5.92 Å². The summed E-state index contributed by atoms with van der Waals surface area (Å²) in [6.07, 6.45) is 3.18. The van der Waals surface area contributed by atoms with Gasteiger partial charge >= 0.3 is 5.97 Å². The van der Waals surface area contributed by atoms with Gasteiger partial charge in [-0.15, -0.1) is 0 Å². The lowest BCUT2D eigenvalue weighted by atomic mass is 9.97. The van der Waals surface area contributed by atoms with Gasteiger partial charge in [0.15, 0.2) is 0 Å². The molecule has 5 nitrogen and oxygen atoms in total. The number of esters is 1. The van der Waals surface area contributed by atoms with Gasteiger partial charge in [0, 0.05) is 26.3 Å². The first-order valence-corrected chi connectivity index (χ1v) is 7.62. The van der Waals surface area contributed by atoms with Gasteiger partial charge in [-0.25, -0.2) is 0 Å². The molecule has 0 radical (unpaired) electrons. The molecule has 118 valence electrons. The Labute approximate surface area is 123 Å². The van der Waals surface area contributed by atoms with Crippen molar-refractivity contribution in [2.75, 3.05) is 40.5 Å². The van der Waals surface area contributed by atoms with Gasteiger partial charge in [0.1, 0.15) is 6.04 Å². The van der Waals surface area contributed by atoms with Crippen molar-refractivity contribution >= 4 is 5.97 Å². The summed E-state index contributed by atoms with van der Waals surface area (Å²) in [5.41, 5.74) is 0. The molecular formula is C15H30N2O3. The number of carbonyl (C=O) groups excluding carboxylic acids is 1. The van der Waals surface area contributed by atoms with Crippen molar-refractivity contribution in [3.8, 4) is 0 Å². The van der Waals surface area contributed by atoms with E-state index in [1.807, 2.05) is 13.8 Å². The highest BCUT2D eigenvalue weighted by atomic mass is 16.5. The second-order valence-corrected chi connectivity index (χ2v) is 5.93. The summed E-state index contributed by atoms with van der Waals surface area (Å²) >= 11 is 0. The number of nitrogens with one attached hydrogen (secondary N) is 1. The SMILES string of the molecule is COCC1CCN(CCC(NC(C)C)C(=O)OC)CC1. The van der Waals surface area contributed by atoms with E-state index >= 15 is 0 Å². The minimum Gasteiger partial charge on any atom is -0.468 e. The standard InChI is InChI=1S/C15H30N2O3/c1-12(2)16-14(15(18)20-4)7-10-17-8-5-13(6-9-17)11-19-3/h12-14,16H,5-11H2,1-4H3. The molecular weight excluding hydrogens is 256 g/mol. The van der Waals surface area contributed by atoms with Crippen molar-refractivity contribution in [1.82, 2.24) is 10.2 Å². The number of nitrogens with zero attached hydrogens (tertiary/aromatic N) is 1. The van der Waals surface area contributed by atoms with E-state index in [0.717, 1.165) is 32.7 Å². The second kappa shape index (κ2) is 9.32. The van der Waals surface area contributed by atoms with Crippen LogP contribution in [0.1, 0.15) is 33.1 Å². The molecule has 1 rings (SSSR count). The second-order valence-electron chi connectivity index (χ2n) is 5.93. The van der Waals surface area contributed by atoms with Crippen molar-refractivity contribution in [1.29, 1.82) is 0 Å². The third-order valence-electron chi connectivity index (χ3n) is 3.86. The quantitative estimate of drug-likeness (QED) is 0.681. The van der Waals surface area contributed by atoms with Crippen LogP contribution in [0.3, 0.4) is 0 Å². The number of ether oxygens (including phenoxy) is 2. The van der Waals surface area contributed by atoms with Crippen LogP contribution in [-0.4, -0.2) is 63.4 Å².